The van der Waals surface area contributed by atoms with Gasteiger partial charge < -0.3 is 5.32 Å². The van der Waals surface area contributed by atoms with Crippen molar-refractivity contribution in [3.63, 3.8) is 0 Å². The van der Waals surface area contributed by atoms with Crippen molar-refractivity contribution in [2.45, 2.75) is 45.6 Å². The van der Waals surface area contributed by atoms with Crippen LogP contribution in [-0.2, 0) is 6.42 Å². The second kappa shape index (κ2) is 6.85. The van der Waals surface area contributed by atoms with E-state index in [4.69, 9.17) is 0 Å². The van der Waals surface area contributed by atoms with E-state index in [1.807, 2.05) is 12.1 Å². The molecule has 1 aliphatic rings. The molecule has 1 aliphatic carbocycles. The maximum absolute atomic E-state index is 13.3. The quantitative estimate of drug-likeness (QED) is 0.836. The first-order valence-corrected chi connectivity index (χ1v) is 8.06. The van der Waals surface area contributed by atoms with Gasteiger partial charge in [-0.1, -0.05) is 26.3 Å². The van der Waals surface area contributed by atoms with Crippen molar-refractivity contribution in [3.8, 4) is 0 Å². The molecule has 0 aliphatic heterocycles. The maximum Gasteiger partial charge on any atom is 0.137 e. The van der Waals surface area contributed by atoms with Crippen molar-refractivity contribution in [2.75, 3.05) is 6.54 Å². The highest BCUT2D eigenvalue weighted by atomic mass is 79.9. The highest BCUT2D eigenvalue weighted by Crippen LogP contribution is 2.34. The van der Waals surface area contributed by atoms with Crippen LogP contribution in [0.15, 0.2) is 22.7 Å². The second-order valence-electron chi connectivity index (χ2n) is 5.80. The van der Waals surface area contributed by atoms with Crippen LogP contribution in [0.25, 0.3) is 0 Å². The summed E-state index contributed by atoms with van der Waals surface area (Å²) >= 11 is 3.27. The van der Waals surface area contributed by atoms with Crippen molar-refractivity contribution >= 4 is 15.9 Å². The van der Waals surface area contributed by atoms with Gasteiger partial charge in [-0.15, -0.1) is 0 Å². The fraction of sp³-hybridized carbons (Fsp3) is 0.625. The number of hydrogen-bond donors (Lipinski definition) is 1. The van der Waals surface area contributed by atoms with Gasteiger partial charge in [0.15, 0.2) is 0 Å². The molecule has 19 heavy (non-hydrogen) atoms. The molecule has 0 aromatic heterocycles. The van der Waals surface area contributed by atoms with E-state index in [9.17, 15) is 4.39 Å². The molecule has 0 spiro atoms. The summed E-state index contributed by atoms with van der Waals surface area (Å²) in [6.07, 6.45) is 4.98. The molecule has 1 aromatic rings. The van der Waals surface area contributed by atoms with Gasteiger partial charge in [0.05, 0.1) is 4.47 Å². The van der Waals surface area contributed by atoms with Crippen molar-refractivity contribution in [2.24, 2.45) is 11.8 Å². The molecule has 0 amide bonds. The number of hydrogen-bond acceptors (Lipinski definition) is 1. The third-order valence-electron chi connectivity index (χ3n) is 4.21. The van der Waals surface area contributed by atoms with E-state index in [-0.39, 0.29) is 5.82 Å². The van der Waals surface area contributed by atoms with Crippen LogP contribution in [0.1, 0.15) is 38.7 Å². The summed E-state index contributed by atoms with van der Waals surface area (Å²) in [6, 6.07) is 5.90. The third-order valence-corrected chi connectivity index (χ3v) is 4.82. The predicted molar refractivity (Wildman–Crippen MR) is 81.8 cm³/mol. The van der Waals surface area contributed by atoms with E-state index < -0.39 is 0 Å². The molecule has 1 nitrogen and oxygen atoms in total. The first-order valence-electron chi connectivity index (χ1n) is 7.27. The largest absolute Gasteiger partial charge is 0.314 e. The Labute approximate surface area is 124 Å². The minimum atomic E-state index is -0.182. The monoisotopic (exact) mass is 327 g/mol. The van der Waals surface area contributed by atoms with Gasteiger partial charge in [0.2, 0.25) is 0 Å². The van der Waals surface area contributed by atoms with E-state index in [0.29, 0.717) is 10.5 Å². The molecule has 106 valence electrons. The molecule has 1 N–H and O–H groups in total. The van der Waals surface area contributed by atoms with Crippen LogP contribution in [0.3, 0.4) is 0 Å². The van der Waals surface area contributed by atoms with Crippen molar-refractivity contribution in [1.82, 2.24) is 5.32 Å². The molecule has 0 saturated heterocycles. The Balaban J connectivity index is 2.05. The summed E-state index contributed by atoms with van der Waals surface area (Å²) in [6.45, 7) is 5.50. The number of nitrogens with one attached hydrogen (secondary N) is 1. The Morgan fingerprint density at radius 3 is 2.79 bits per heavy atom. The van der Waals surface area contributed by atoms with Crippen molar-refractivity contribution in [1.29, 1.82) is 0 Å². The summed E-state index contributed by atoms with van der Waals surface area (Å²) in [5.74, 6) is 1.43. The zero-order valence-electron chi connectivity index (χ0n) is 11.8. The van der Waals surface area contributed by atoms with Gasteiger partial charge in [-0.05, 0) is 71.3 Å². The molecular weight excluding hydrogens is 305 g/mol. The van der Waals surface area contributed by atoms with Crippen LogP contribution >= 0.6 is 15.9 Å². The topological polar surface area (TPSA) is 12.0 Å². The smallest absolute Gasteiger partial charge is 0.137 e. The van der Waals surface area contributed by atoms with Crippen LogP contribution in [0.5, 0.6) is 0 Å². The summed E-state index contributed by atoms with van der Waals surface area (Å²) < 4.78 is 13.8. The van der Waals surface area contributed by atoms with Gasteiger partial charge in [0, 0.05) is 6.04 Å². The molecule has 1 fully saturated rings. The van der Waals surface area contributed by atoms with E-state index in [1.165, 1.54) is 24.8 Å². The lowest BCUT2D eigenvalue weighted by molar-refractivity contribution is 0.353. The average molecular weight is 328 g/mol. The van der Waals surface area contributed by atoms with Crippen LogP contribution in [0.4, 0.5) is 4.39 Å². The van der Waals surface area contributed by atoms with Crippen LogP contribution < -0.4 is 5.32 Å². The minimum Gasteiger partial charge on any atom is -0.314 e. The van der Waals surface area contributed by atoms with Crippen LogP contribution in [-0.4, -0.2) is 12.6 Å². The predicted octanol–water partition coefficient (Wildman–Crippen LogP) is 4.55. The van der Waals surface area contributed by atoms with Gasteiger partial charge in [0.25, 0.3) is 0 Å². The molecule has 3 unspecified atom stereocenters. The van der Waals surface area contributed by atoms with Gasteiger partial charge in [-0.2, -0.15) is 0 Å². The molecule has 1 saturated carbocycles. The van der Waals surface area contributed by atoms with E-state index >= 15 is 0 Å². The van der Waals surface area contributed by atoms with Crippen LogP contribution in [0, 0.1) is 17.7 Å². The summed E-state index contributed by atoms with van der Waals surface area (Å²) in [7, 11) is 0. The second-order valence-corrected chi connectivity index (χ2v) is 6.65. The molecule has 0 heterocycles. The molecule has 1 aromatic carbocycles. The zero-order chi connectivity index (χ0) is 13.8. The van der Waals surface area contributed by atoms with E-state index in [1.54, 1.807) is 6.07 Å². The maximum atomic E-state index is 13.3. The Morgan fingerprint density at radius 1 is 1.42 bits per heavy atom. The Kier molecular flexibility index (Phi) is 5.40. The molecule has 3 heteroatoms. The lowest BCUT2D eigenvalue weighted by Gasteiger charge is -2.25. The van der Waals surface area contributed by atoms with Crippen molar-refractivity contribution < 1.29 is 4.39 Å². The van der Waals surface area contributed by atoms with E-state index in [0.717, 1.165) is 24.8 Å². The van der Waals surface area contributed by atoms with Crippen molar-refractivity contribution in [3.05, 3.63) is 34.1 Å². The fourth-order valence-electron chi connectivity index (χ4n) is 3.20. The molecule has 0 radical (unpaired) electrons. The molecule has 2 rings (SSSR count). The number of rotatable bonds is 5. The Hall–Kier alpha value is -0.410. The first-order chi connectivity index (χ1) is 9.10. The standard InChI is InChI=1S/C16H23BrFN/c1-3-19-16(13-6-4-11(2)8-13)10-12-5-7-15(18)14(17)9-12/h5,7,9,11,13,16,19H,3-4,6,8,10H2,1-2H3. The SMILES string of the molecule is CCNC(Cc1ccc(F)c(Br)c1)C1CCC(C)C1. The third kappa shape index (κ3) is 4.03. The lowest BCUT2D eigenvalue weighted by atomic mass is 9.91. The summed E-state index contributed by atoms with van der Waals surface area (Å²) in [4.78, 5) is 0. The normalized spacial score (nSPS) is 24.6. The van der Waals surface area contributed by atoms with Crippen LogP contribution in [0.2, 0.25) is 0 Å². The molecule has 0 bridgehead atoms. The summed E-state index contributed by atoms with van der Waals surface area (Å²) in [5.41, 5.74) is 1.21. The Bertz CT molecular complexity index is 421. The van der Waals surface area contributed by atoms with Gasteiger partial charge in [-0.25, -0.2) is 4.39 Å². The fourth-order valence-corrected chi connectivity index (χ4v) is 3.63. The number of halogens is 2. The minimum absolute atomic E-state index is 0.182. The molecule has 3 atom stereocenters. The van der Waals surface area contributed by atoms with Gasteiger partial charge >= 0.3 is 0 Å². The number of likely N-dealkylation sites (N-methyl/N-ethyl adjacent to an activating group) is 1. The number of benzene rings is 1. The highest BCUT2D eigenvalue weighted by molar-refractivity contribution is 9.10. The Morgan fingerprint density at radius 2 is 2.21 bits per heavy atom. The zero-order valence-corrected chi connectivity index (χ0v) is 13.3. The average Bonchev–Trinajstić information content (AvgIpc) is 2.80. The first kappa shape index (κ1) is 15.0. The van der Waals surface area contributed by atoms with E-state index in [2.05, 4.69) is 35.1 Å². The molecular formula is C16H23BrFN. The van der Waals surface area contributed by atoms with Gasteiger partial charge in [-0.3, -0.25) is 0 Å². The lowest BCUT2D eigenvalue weighted by Crippen LogP contribution is -2.37. The van der Waals surface area contributed by atoms with Gasteiger partial charge in [0.1, 0.15) is 5.82 Å². The highest BCUT2D eigenvalue weighted by Gasteiger charge is 2.28. The summed E-state index contributed by atoms with van der Waals surface area (Å²) in [5, 5.41) is 3.62.